The molecule has 0 aliphatic carbocycles. The molecular weight excluding hydrogens is 368 g/mol. The number of hydrogen-bond donors (Lipinski definition) is 3. The Morgan fingerprint density at radius 1 is 0.759 bits per heavy atom. The molecule has 2 amide bonds. The molecule has 0 fully saturated rings. The molecule has 7 nitrogen and oxygen atoms in total. The first-order valence-electron chi connectivity index (χ1n) is 8.94. The van der Waals surface area contributed by atoms with Gasteiger partial charge in [-0.15, -0.1) is 0 Å². The lowest BCUT2D eigenvalue weighted by molar-refractivity contribution is -0.114. The van der Waals surface area contributed by atoms with E-state index in [1.54, 1.807) is 48.5 Å². The summed E-state index contributed by atoms with van der Waals surface area (Å²) in [6, 6.07) is 17.3. The summed E-state index contributed by atoms with van der Waals surface area (Å²) >= 11 is 0. The van der Waals surface area contributed by atoms with Gasteiger partial charge in [0.25, 0.3) is 5.91 Å². The van der Waals surface area contributed by atoms with Crippen LogP contribution in [0, 0.1) is 0 Å². The fourth-order valence-electron chi connectivity index (χ4n) is 2.62. The number of carbonyl (C=O) groups excluding carboxylic acids is 3. The van der Waals surface area contributed by atoms with Gasteiger partial charge in [0.1, 0.15) is 5.82 Å². The Morgan fingerprint density at radius 2 is 1.45 bits per heavy atom. The van der Waals surface area contributed by atoms with Crippen LogP contribution in [0.1, 0.15) is 34.6 Å². The molecule has 2 aromatic carbocycles. The van der Waals surface area contributed by atoms with Crippen LogP contribution in [0.5, 0.6) is 0 Å². The average molecular weight is 388 g/mol. The Morgan fingerprint density at radius 3 is 2.07 bits per heavy atom. The molecule has 0 spiro atoms. The largest absolute Gasteiger partial charge is 0.340 e. The second kappa shape index (κ2) is 8.79. The van der Waals surface area contributed by atoms with Gasteiger partial charge in [0.2, 0.25) is 5.91 Å². The number of nitrogens with one attached hydrogen (secondary N) is 3. The van der Waals surface area contributed by atoms with Gasteiger partial charge in [-0.3, -0.25) is 14.4 Å². The van der Waals surface area contributed by atoms with Crippen molar-refractivity contribution in [2.45, 2.75) is 13.8 Å². The zero-order valence-corrected chi connectivity index (χ0v) is 16.0. The number of hydrogen-bond acceptors (Lipinski definition) is 5. The molecule has 0 saturated heterocycles. The lowest BCUT2D eigenvalue weighted by Crippen LogP contribution is -2.12. The highest BCUT2D eigenvalue weighted by Crippen LogP contribution is 2.19. The summed E-state index contributed by atoms with van der Waals surface area (Å²) in [5, 5.41) is 8.61. The number of Topliss-reactive ketones (excluding diaryl/α,β-unsaturated/α-hetero) is 1. The molecule has 0 bridgehead atoms. The van der Waals surface area contributed by atoms with Crippen LogP contribution in [-0.4, -0.2) is 22.6 Å². The van der Waals surface area contributed by atoms with Gasteiger partial charge in [-0.05, 0) is 61.5 Å². The van der Waals surface area contributed by atoms with Crippen molar-refractivity contribution in [1.29, 1.82) is 0 Å². The summed E-state index contributed by atoms with van der Waals surface area (Å²) in [5.74, 6) is 0.0870. The highest BCUT2D eigenvalue weighted by atomic mass is 16.2. The maximum absolute atomic E-state index is 12.4. The smallest absolute Gasteiger partial charge is 0.257 e. The quantitative estimate of drug-likeness (QED) is 0.549. The van der Waals surface area contributed by atoms with Crippen LogP contribution in [0.15, 0.2) is 66.9 Å². The molecule has 0 atom stereocenters. The van der Waals surface area contributed by atoms with E-state index < -0.39 is 0 Å². The van der Waals surface area contributed by atoms with Crippen molar-refractivity contribution in [3.8, 4) is 0 Å². The van der Waals surface area contributed by atoms with Crippen LogP contribution >= 0.6 is 0 Å². The van der Waals surface area contributed by atoms with Gasteiger partial charge in [-0.25, -0.2) is 4.98 Å². The van der Waals surface area contributed by atoms with E-state index in [1.807, 2.05) is 12.1 Å². The van der Waals surface area contributed by atoms with Crippen molar-refractivity contribution in [3.05, 3.63) is 78.0 Å². The van der Waals surface area contributed by atoms with E-state index in [1.165, 1.54) is 20.0 Å². The minimum atomic E-state index is -0.299. The highest BCUT2D eigenvalue weighted by molar-refractivity contribution is 6.04. The zero-order chi connectivity index (χ0) is 20.8. The number of ketones is 1. The number of rotatable bonds is 6. The first-order valence-corrected chi connectivity index (χ1v) is 8.94. The van der Waals surface area contributed by atoms with E-state index in [-0.39, 0.29) is 17.6 Å². The van der Waals surface area contributed by atoms with Gasteiger partial charge in [0.15, 0.2) is 5.78 Å². The Labute approximate surface area is 168 Å². The predicted molar refractivity (Wildman–Crippen MR) is 113 cm³/mol. The molecule has 0 aliphatic rings. The molecular formula is C22H20N4O3. The van der Waals surface area contributed by atoms with Crippen LogP contribution in [0.25, 0.3) is 0 Å². The third-order valence-electron chi connectivity index (χ3n) is 4.03. The Kier molecular flexibility index (Phi) is 5.99. The molecule has 0 radical (unpaired) electrons. The summed E-state index contributed by atoms with van der Waals surface area (Å²) in [4.78, 5) is 39.1. The number of anilines is 4. The van der Waals surface area contributed by atoms with Gasteiger partial charge < -0.3 is 16.0 Å². The molecule has 3 aromatic rings. The van der Waals surface area contributed by atoms with E-state index in [0.29, 0.717) is 28.3 Å². The third-order valence-corrected chi connectivity index (χ3v) is 4.03. The van der Waals surface area contributed by atoms with E-state index in [4.69, 9.17) is 0 Å². The van der Waals surface area contributed by atoms with Crippen molar-refractivity contribution in [2.24, 2.45) is 0 Å². The summed E-state index contributed by atoms with van der Waals surface area (Å²) in [6.45, 7) is 2.94. The minimum absolute atomic E-state index is 0.0298. The molecule has 0 unspecified atom stereocenters. The zero-order valence-electron chi connectivity index (χ0n) is 16.0. The second-order valence-electron chi connectivity index (χ2n) is 6.41. The lowest BCUT2D eigenvalue weighted by Gasteiger charge is -2.09. The van der Waals surface area contributed by atoms with E-state index in [9.17, 15) is 14.4 Å². The standard InChI is InChI=1S/C22H20N4O3/c1-14(27)16-6-9-18(10-7-16)26-22(29)17-8-11-21(23-13-17)25-20-5-3-4-19(12-20)24-15(2)28/h3-13H,1-2H3,(H,23,25)(H,24,28)(H,26,29). The fourth-order valence-corrected chi connectivity index (χ4v) is 2.62. The van der Waals surface area contributed by atoms with Gasteiger partial charge in [0.05, 0.1) is 5.56 Å². The van der Waals surface area contributed by atoms with Gasteiger partial charge in [0, 0.05) is 35.7 Å². The molecule has 29 heavy (non-hydrogen) atoms. The molecule has 3 rings (SSSR count). The minimum Gasteiger partial charge on any atom is -0.340 e. The maximum atomic E-state index is 12.4. The number of aromatic nitrogens is 1. The monoisotopic (exact) mass is 388 g/mol. The summed E-state index contributed by atoms with van der Waals surface area (Å²) in [7, 11) is 0. The normalized spacial score (nSPS) is 10.1. The van der Waals surface area contributed by atoms with Crippen LogP contribution in [0.4, 0.5) is 22.9 Å². The van der Waals surface area contributed by atoms with E-state index in [0.717, 1.165) is 5.69 Å². The fraction of sp³-hybridized carbons (Fsp3) is 0.0909. The van der Waals surface area contributed by atoms with Gasteiger partial charge >= 0.3 is 0 Å². The molecule has 7 heteroatoms. The maximum Gasteiger partial charge on any atom is 0.257 e. The lowest BCUT2D eigenvalue weighted by atomic mass is 10.1. The predicted octanol–water partition coefficient (Wildman–Crippen LogP) is 4.24. The van der Waals surface area contributed by atoms with Crippen LogP contribution in [-0.2, 0) is 4.79 Å². The number of nitrogens with zero attached hydrogens (tertiary/aromatic N) is 1. The Balaban J connectivity index is 1.64. The third kappa shape index (κ3) is 5.49. The Hall–Kier alpha value is -4.00. The average Bonchev–Trinajstić information content (AvgIpc) is 2.68. The highest BCUT2D eigenvalue weighted by Gasteiger charge is 2.08. The van der Waals surface area contributed by atoms with E-state index in [2.05, 4.69) is 20.9 Å². The molecule has 1 aromatic heterocycles. The van der Waals surface area contributed by atoms with Crippen molar-refractivity contribution >= 4 is 40.5 Å². The first-order chi connectivity index (χ1) is 13.9. The molecule has 3 N–H and O–H groups in total. The number of amides is 2. The number of pyridine rings is 1. The number of carbonyl (C=O) groups is 3. The van der Waals surface area contributed by atoms with Crippen LogP contribution < -0.4 is 16.0 Å². The molecule has 0 saturated carbocycles. The Bertz CT molecular complexity index is 1040. The SMILES string of the molecule is CC(=O)Nc1cccc(Nc2ccc(C(=O)Nc3ccc(C(C)=O)cc3)cn2)c1. The molecule has 1 heterocycles. The van der Waals surface area contributed by atoms with Gasteiger partial charge in [-0.1, -0.05) is 6.07 Å². The van der Waals surface area contributed by atoms with Crippen molar-refractivity contribution < 1.29 is 14.4 Å². The molecule has 146 valence electrons. The molecule has 0 aliphatic heterocycles. The number of benzene rings is 2. The van der Waals surface area contributed by atoms with Gasteiger partial charge in [-0.2, -0.15) is 0 Å². The first kappa shape index (κ1) is 19.8. The summed E-state index contributed by atoms with van der Waals surface area (Å²) < 4.78 is 0. The summed E-state index contributed by atoms with van der Waals surface area (Å²) in [5.41, 5.74) is 3.01. The van der Waals surface area contributed by atoms with Crippen molar-refractivity contribution in [2.75, 3.05) is 16.0 Å². The van der Waals surface area contributed by atoms with Crippen molar-refractivity contribution in [3.63, 3.8) is 0 Å². The van der Waals surface area contributed by atoms with Crippen LogP contribution in [0.3, 0.4) is 0 Å². The van der Waals surface area contributed by atoms with E-state index >= 15 is 0 Å². The topological polar surface area (TPSA) is 100 Å². The van der Waals surface area contributed by atoms with Crippen LogP contribution in [0.2, 0.25) is 0 Å². The summed E-state index contributed by atoms with van der Waals surface area (Å²) in [6.07, 6.45) is 1.47. The second-order valence-corrected chi connectivity index (χ2v) is 6.41. The van der Waals surface area contributed by atoms with Crippen molar-refractivity contribution in [1.82, 2.24) is 4.98 Å².